The highest BCUT2D eigenvalue weighted by Gasteiger charge is 2.14. The lowest BCUT2D eigenvalue weighted by Crippen LogP contribution is -2.26. The van der Waals surface area contributed by atoms with Gasteiger partial charge in [0.15, 0.2) is 0 Å². The average molecular weight is 289 g/mol. The van der Waals surface area contributed by atoms with Crippen molar-refractivity contribution in [3.8, 4) is 5.75 Å². The highest BCUT2D eigenvalue weighted by Crippen LogP contribution is 2.25. The quantitative estimate of drug-likeness (QED) is 0.891. The fourth-order valence-corrected chi connectivity index (χ4v) is 2.01. The summed E-state index contributed by atoms with van der Waals surface area (Å²) in [4.78, 5) is 13.8. The Kier molecular flexibility index (Phi) is 4.59. The zero-order valence-electron chi connectivity index (χ0n) is 12.4. The minimum Gasteiger partial charge on any atom is -0.496 e. The molecule has 0 fully saturated rings. The Labute approximate surface area is 123 Å². The fourth-order valence-electron chi connectivity index (χ4n) is 2.01. The van der Waals surface area contributed by atoms with Gasteiger partial charge >= 0.3 is 0 Å². The van der Waals surface area contributed by atoms with Gasteiger partial charge in [-0.2, -0.15) is 5.10 Å². The number of methoxy groups -OCH3 is 1. The molecule has 1 N–H and O–H groups in total. The van der Waals surface area contributed by atoms with E-state index < -0.39 is 6.10 Å². The van der Waals surface area contributed by atoms with Gasteiger partial charge in [-0.15, -0.1) is 0 Å². The van der Waals surface area contributed by atoms with E-state index in [-0.39, 0.29) is 12.1 Å². The van der Waals surface area contributed by atoms with Gasteiger partial charge in [-0.3, -0.25) is 4.79 Å². The molecule has 1 atom stereocenters. The maximum atomic E-state index is 12.0. The molecule has 0 amide bonds. The molecule has 0 spiro atoms. The van der Waals surface area contributed by atoms with Gasteiger partial charge in [0.2, 0.25) is 0 Å². The van der Waals surface area contributed by atoms with Crippen molar-refractivity contribution in [2.24, 2.45) is 0 Å². The molecule has 1 heterocycles. The molecular weight excluding hydrogens is 270 g/mol. The zero-order valence-corrected chi connectivity index (χ0v) is 12.4. The number of aromatic nitrogens is 2. The second kappa shape index (κ2) is 6.41. The second-order valence-corrected chi connectivity index (χ2v) is 4.89. The van der Waals surface area contributed by atoms with Crippen LogP contribution in [0.15, 0.2) is 41.3 Å². The Morgan fingerprint density at radius 2 is 2.10 bits per heavy atom. The maximum absolute atomic E-state index is 12.0. The van der Waals surface area contributed by atoms with Crippen molar-refractivity contribution in [3.05, 3.63) is 52.4 Å². The minimum atomic E-state index is -0.864. The summed E-state index contributed by atoms with van der Waals surface area (Å²) in [5.74, 6) is 0.586. The van der Waals surface area contributed by atoms with Crippen LogP contribution in [0.5, 0.6) is 5.75 Å². The molecule has 1 aromatic heterocycles. The first kappa shape index (κ1) is 15.1. The van der Waals surface area contributed by atoms with Gasteiger partial charge in [0.05, 0.1) is 25.5 Å². The zero-order chi connectivity index (χ0) is 15.4. The lowest BCUT2D eigenvalue weighted by Gasteiger charge is -2.16. The summed E-state index contributed by atoms with van der Waals surface area (Å²) in [6, 6.07) is 8.66. The van der Waals surface area contributed by atoms with Gasteiger partial charge in [0, 0.05) is 25.7 Å². The summed E-state index contributed by atoms with van der Waals surface area (Å²) in [5.41, 5.74) is 1.10. The molecule has 112 valence electrons. The molecule has 6 heteroatoms. The van der Waals surface area contributed by atoms with Crippen molar-refractivity contribution < 1.29 is 9.84 Å². The molecule has 0 aliphatic rings. The molecule has 21 heavy (non-hydrogen) atoms. The molecule has 0 saturated heterocycles. The summed E-state index contributed by atoms with van der Waals surface area (Å²) >= 11 is 0. The Morgan fingerprint density at radius 3 is 2.71 bits per heavy atom. The van der Waals surface area contributed by atoms with Gasteiger partial charge in [-0.25, -0.2) is 4.68 Å². The number of aliphatic hydroxyl groups excluding tert-OH is 1. The molecule has 1 aromatic carbocycles. The lowest BCUT2D eigenvalue weighted by molar-refractivity contribution is 0.145. The van der Waals surface area contributed by atoms with E-state index in [4.69, 9.17) is 4.74 Å². The van der Waals surface area contributed by atoms with Gasteiger partial charge in [-0.1, -0.05) is 18.2 Å². The Bertz CT molecular complexity index is 667. The van der Waals surface area contributed by atoms with E-state index in [1.807, 2.05) is 26.2 Å². The van der Waals surface area contributed by atoms with Crippen molar-refractivity contribution in [1.29, 1.82) is 0 Å². The summed E-state index contributed by atoms with van der Waals surface area (Å²) < 4.78 is 6.45. The van der Waals surface area contributed by atoms with Crippen molar-refractivity contribution in [3.63, 3.8) is 0 Å². The lowest BCUT2D eigenvalue weighted by atomic mass is 10.1. The van der Waals surface area contributed by atoms with Crippen LogP contribution >= 0.6 is 0 Å². The van der Waals surface area contributed by atoms with Crippen LogP contribution in [0.4, 0.5) is 5.69 Å². The average Bonchev–Trinajstić information content (AvgIpc) is 2.48. The van der Waals surface area contributed by atoms with Crippen molar-refractivity contribution >= 4 is 5.69 Å². The van der Waals surface area contributed by atoms with Crippen LogP contribution in [-0.2, 0) is 6.54 Å². The number of ether oxygens (including phenoxy) is 1. The fraction of sp³-hybridized carbons (Fsp3) is 0.333. The first-order chi connectivity index (χ1) is 10.0. The van der Waals surface area contributed by atoms with Crippen LogP contribution in [0.25, 0.3) is 0 Å². The largest absolute Gasteiger partial charge is 0.496 e. The van der Waals surface area contributed by atoms with Crippen LogP contribution in [0, 0.1) is 0 Å². The van der Waals surface area contributed by atoms with Crippen molar-refractivity contribution in [1.82, 2.24) is 9.78 Å². The summed E-state index contributed by atoms with van der Waals surface area (Å²) in [6.07, 6.45) is 0.729. The predicted octanol–water partition coefficient (Wildman–Crippen LogP) is 1.05. The van der Waals surface area contributed by atoms with Crippen molar-refractivity contribution in [2.45, 2.75) is 12.6 Å². The molecule has 0 bridgehead atoms. The third kappa shape index (κ3) is 3.41. The van der Waals surface area contributed by atoms with Crippen LogP contribution < -0.4 is 15.2 Å². The normalized spacial score (nSPS) is 12.0. The number of hydrogen-bond acceptors (Lipinski definition) is 5. The van der Waals surface area contributed by atoms with E-state index in [0.29, 0.717) is 11.3 Å². The molecule has 2 rings (SSSR count). The smallest absolute Gasteiger partial charge is 0.268 e. The SMILES string of the molecule is COc1ccccc1C(O)Cn1ncc(N(C)C)cc1=O. The van der Waals surface area contributed by atoms with Gasteiger partial charge < -0.3 is 14.7 Å². The first-order valence-electron chi connectivity index (χ1n) is 6.58. The second-order valence-electron chi connectivity index (χ2n) is 4.89. The molecule has 0 saturated carbocycles. The molecular formula is C15H19N3O3. The molecule has 1 unspecified atom stereocenters. The number of para-hydroxylation sites is 1. The maximum Gasteiger partial charge on any atom is 0.268 e. The van der Waals surface area contributed by atoms with E-state index >= 15 is 0 Å². The third-order valence-corrected chi connectivity index (χ3v) is 3.22. The van der Waals surface area contributed by atoms with E-state index in [2.05, 4.69) is 5.10 Å². The van der Waals surface area contributed by atoms with Crippen molar-refractivity contribution in [2.75, 3.05) is 26.1 Å². The Hall–Kier alpha value is -2.34. The van der Waals surface area contributed by atoms with Crippen LogP contribution in [0.1, 0.15) is 11.7 Å². The minimum absolute atomic E-state index is 0.0763. The number of rotatable bonds is 5. The van der Waals surface area contributed by atoms with E-state index in [0.717, 1.165) is 5.69 Å². The monoisotopic (exact) mass is 289 g/mol. The summed E-state index contributed by atoms with van der Waals surface area (Å²) in [6.45, 7) is 0.0763. The number of benzene rings is 1. The highest BCUT2D eigenvalue weighted by molar-refractivity contribution is 5.40. The Morgan fingerprint density at radius 1 is 1.38 bits per heavy atom. The highest BCUT2D eigenvalue weighted by atomic mass is 16.5. The first-order valence-corrected chi connectivity index (χ1v) is 6.58. The van der Waals surface area contributed by atoms with E-state index in [1.165, 1.54) is 10.7 Å². The van der Waals surface area contributed by atoms with Crippen LogP contribution in [0.2, 0.25) is 0 Å². The van der Waals surface area contributed by atoms with E-state index in [1.54, 1.807) is 30.3 Å². The standard InChI is InChI=1S/C15H19N3O3/c1-17(2)11-8-15(20)18(16-9-11)10-13(19)12-6-4-5-7-14(12)21-3/h4-9,13,19H,10H2,1-3H3. The number of nitrogens with zero attached hydrogens (tertiary/aromatic N) is 3. The number of anilines is 1. The molecule has 0 aliphatic carbocycles. The van der Waals surface area contributed by atoms with Gasteiger partial charge in [0.1, 0.15) is 11.9 Å². The van der Waals surface area contributed by atoms with Crippen LogP contribution in [0.3, 0.4) is 0 Å². The topological polar surface area (TPSA) is 67.6 Å². The molecule has 0 aliphatic heterocycles. The third-order valence-electron chi connectivity index (χ3n) is 3.22. The summed E-state index contributed by atoms with van der Waals surface area (Å²) in [7, 11) is 5.22. The molecule has 2 aromatic rings. The Balaban J connectivity index is 2.24. The van der Waals surface area contributed by atoms with Crippen LogP contribution in [-0.4, -0.2) is 36.1 Å². The number of hydrogen-bond donors (Lipinski definition) is 1. The number of aliphatic hydroxyl groups is 1. The van der Waals surface area contributed by atoms with E-state index in [9.17, 15) is 9.90 Å². The van der Waals surface area contributed by atoms with Gasteiger partial charge in [-0.05, 0) is 6.07 Å². The molecule has 0 radical (unpaired) electrons. The van der Waals surface area contributed by atoms with Gasteiger partial charge in [0.25, 0.3) is 5.56 Å². The predicted molar refractivity (Wildman–Crippen MR) is 80.8 cm³/mol. The molecule has 6 nitrogen and oxygen atoms in total. The summed E-state index contributed by atoms with van der Waals surface area (Å²) in [5, 5.41) is 14.4.